The Balaban J connectivity index is 2.23. The molecule has 0 spiro atoms. The molecule has 1 heterocycles. The molecule has 0 aliphatic rings. The summed E-state index contributed by atoms with van der Waals surface area (Å²) in [6.45, 7) is 3.18. The van der Waals surface area contributed by atoms with Crippen LogP contribution in [0.25, 0.3) is 0 Å². The molecule has 0 aliphatic carbocycles. The van der Waals surface area contributed by atoms with Crippen molar-refractivity contribution in [2.75, 3.05) is 12.0 Å². The first-order chi connectivity index (χ1) is 6.36. The van der Waals surface area contributed by atoms with Gasteiger partial charge in [0.1, 0.15) is 0 Å². The van der Waals surface area contributed by atoms with Gasteiger partial charge in [-0.15, -0.1) is 0 Å². The molecule has 0 saturated heterocycles. The van der Waals surface area contributed by atoms with Crippen LogP contribution in [0.15, 0.2) is 18.3 Å². The van der Waals surface area contributed by atoms with E-state index in [2.05, 4.69) is 29.5 Å². The molecule has 1 atom stereocenters. The molecule has 13 heavy (non-hydrogen) atoms. The Bertz CT molecular complexity index is 209. The maximum absolute atomic E-state index is 3.52. The highest BCUT2D eigenvalue weighted by atomic mass is 32.2. The SMILES string of the molecule is CCC(CSC)NCc1ccc[nH]1. The van der Waals surface area contributed by atoms with Crippen LogP contribution >= 0.6 is 11.8 Å². The highest BCUT2D eigenvalue weighted by Gasteiger charge is 2.03. The van der Waals surface area contributed by atoms with Gasteiger partial charge in [0.15, 0.2) is 0 Å². The Morgan fingerprint density at radius 2 is 2.46 bits per heavy atom. The third-order valence-corrected chi connectivity index (χ3v) is 2.84. The molecule has 0 amide bonds. The minimum Gasteiger partial charge on any atom is -0.364 e. The summed E-state index contributed by atoms with van der Waals surface area (Å²) in [5.74, 6) is 1.19. The third kappa shape index (κ3) is 3.87. The number of nitrogens with one attached hydrogen (secondary N) is 2. The summed E-state index contributed by atoms with van der Waals surface area (Å²) in [5, 5.41) is 3.52. The highest BCUT2D eigenvalue weighted by Crippen LogP contribution is 2.02. The van der Waals surface area contributed by atoms with Crippen molar-refractivity contribution in [3.63, 3.8) is 0 Å². The fourth-order valence-electron chi connectivity index (χ4n) is 1.25. The van der Waals surface area contributed by atoms with Crippen molar-refractivity contribution in [3.05, 3.63) is 24.0 Å². The molecule has 2 N–H and O–H groups in total. The van der Waals surface area contributed by atoms with E-state index in [-0.39, 0.29) is 0 Å². The Labute approximate surface area is 84.5 Å². The van der Waals surface area contributed by atoms with Gasteiger partial charge in [0.05, 0.1) is 0 Å². The fraction of sp³-hybridized carbons (Fsp3) is 0.600. The van der Waals surface area contributed by atoms with E-state index < -0.39 is 0 Å². The predicted molar refractivity (Wildman–Crippen MR) is 60.1 cm³/mol. The molecular weight excluding hydrogens is 180 g/mol. The van der Waals surface area contributed by atoms with Crippen molar-refractivity contribution < 1.29 is 0 Å². The van der Waals surface area contributed by atoms with Gasteiger partial charge in [-0.05, 0) is 24.8 Å². The number of H-pyrrole nitrogens is 1. The Morgan fingerprint density at radius 1 is 1.62 bits per heavy atom. The summed E-state index contributed by atoms with van der Waals surface area (Å²) in [4.78, 5) is 3.19. The van der Waals surface area contributed by atoms with Gasteiger partial charge in [-0.3, -0.25) is 0 Å². The van der Waals surface area contributed by atoms with Gasteiger partial charge in [0, 0.05) is 30.2 Å². The molecule has 1 aromatic rings. The summed E-state index contributed by atoms with van der Waals surface area (Å²) >= 11 is 1.90. The van der Waals surface area contributed by atoms with E-state index in [1.807, 2.05) is 24.0 Å². The Morgan fingerprint density at radius 3 is 3.00 bits per heavy atom. The Kier molecular flexibility index (Phi) is 5.01. The van der Waals surface area contributed by atoms with E-state index in [9.17, 15) is 0 Å². The zero-order valence-electron chi connectivity index (χ0n) is 8.34. The van der Waals surface area contributed by atoms with E-state index in [0.29, 0.717) is 6.04 Å². The molecule has 0 saturated carbocycles. The summed E-state index contributed by atoms with van der Waals surface area (Å²) in [6.07, 6.45) is 5.31. The van der Waals surface area contributed by atoms with Crippen molar-refractivity contribution in [1.29, 1.82) is 0 Å². The van der Waals surface area contributed by atoms with Crippen molar-refractivity contribution in [2.24, 2.45) is 0 Å². The van der Waals surface area contributed by atoms with Crippen LogP contribution in [0.4, 0.5) is 0 Å². The van der Waals surface area contributed by atoms with Crippen LogP contribution in [0.3, 0.4) is 0 Å². The lowest BCUT2D eigenvalue weighted by Gasteiger charge is -2.14. The number of aromatic nitrogens is 1. The van der Waals surface area contributed by atoms with Crippen LogP contribution < -0.4 is 5.32 Å². The summed E-state index contributed by atoms with van der Waals surface area (Å²) in [5.41, 5.74) is 1.26. The average Bonchev–Trinajstić information content (AvgIpc) is 2.64. The van der Waals surface area contributed by atoms with Crippen molar-refractivity contribution >= 4 is 11.8 Å². The molecule has 2 nitrogen and oxygen atoms in total. The van der Waals surface area contributed by atoms with Gasteiger partial charge >= 0.3 is 0 Å². The first-order valence-electron chi connectivity index (χ1n) is 4.71. The zero-order valence-corrected chi connectivity index (χ0v) is 9.16. The van der Waals surface area contributed by atoms with Crippen LogP contribution in [0.1, 0.15) is 19.0 Å². The highest BCUT2D eigenvalue weighted by molar-refractivity contribution is 7.98. The number of hydrogen-bond acceptors (Lipinski definition) is 2. The summed E-state index contributed by atoms with van der Waals surface area (Å²) in [7, 11) is 0. The quantitative estimate of drug-likeness (QED) is 0.733. The number of rotatable bonds is 6. The first-order valence-corrected chi connectivity index (χ1v) is 6.10. The molecular formula is C10H18N2S. The second-order valence-electron chi connectivity index (χ2n) is 3.14. The topological polar surface area (TPSA) is 27.8 Å². The van der Waals surface area contributed by atoms with Gasteiger partial charge in [-0.1, -0.05) is 6.92 Å². The molecule has 74 valence electrons. The Hall–Kier alpha value is -0.410. The lowest BCUT2D eigenvalue weighted by atomic mass is 10.2. The lowest BCUT2D eigenvalue weighted by molar-refractivity contribution is 0.537. The van der Waals surface area contributed by atoms with Crippen LogP contribution in [0.5, 0.6) is 0 Å². The van der Waals surface area contributed by atoms with Crippen molar-refractivity contribution in [3.8, 4) is 0 Å². The number of thioether (sulfide) groups is 1. The number of aromatic amines is 1. The van der Waals surface area contributed by atoms with E-state index in [4.69, 9.17) is 0 Å². The third-order valence-electron chi connectivity index (χ3n) is 2.10. The van der Waals surface area contributed by atoms with Crippen LogP contribution in [-0.4, -0.2) is 23.0 Å². The average molecular weight is 198 g/mol. The van der Waals surface area contributed by atoms with Gasteiger partial charge in [0.25, 0.3) is 0 Å². The molecule has 1 rings (SSSR count). The van der Waals surface area contributed by atoms with Crippen LogP contribution in [0.2, 0.25) is 0 Å². The standard InChI is InChI=1S/C10H18N2S/c1-3-9(8-13-2)12-7-10-5-4-6-11-10/h4-6,9,11-12H,3,7-8H2,1-2H3. The van der Waals surface area contributed by atoms with E-state index in [0.717, 1.165) is 6.54 Å². The summed E-state index contributed by atoms with van der Waals surface area (Å²) in [6, 6.07) is 4.78. The van der Waals surface area contributed by atoms with E-state index >= 15 is 0 Å². The summed E-state index contributed by atoms with van der Waals surface area (Å²) < 4.78 is 0. The van der Waals surface area contributed by atoms with Gasteiger partial charge in [0.2, 0.25) is 0 Å². The molecule has 0 radical (unpaired) electrons. The van der Waals surface area contributed by atoms with Crippen LogP contribution in [0, 0.1) is 0 Å². The lowest BCUT2D eigenvalue weighted by Crippen LogP contribution is -2.30. The molecule has 0 aliphatic heterocycles. The second kappa shape index (κ2) is 6.11. The van der Waals surface area contributed by atoms with Crippen molar-refractivity contribution in [2.45, 2.75) is 25.9 Å². The molecule has 1 aromatic heterocycles. The fourth-order valence-corrected chi connectivity index (χ4v) is 2.01. The molecule has 3 heteroatoms. The van der Waals surface area contributed by atoms with Gasteiger partial charge in [-0.2, -0.15) is 11.8 Å². The zero-order chi connectivity index (χ0) is 9.52. The maximum atomic E-state index is 3.52. The smallest absolute Gasteiger partial charge is 0.0359 e. The van der Waals surface area contributed by atoms with E-state index in [1.165, 1.54) is 17.9 Å². The number of hydrogen-bond donors (Lipinski definition) is 2. The van der Waals surface area contributed by atoms with Crippen molar-refractivity contribution in [1.82, 2.24) is 10.3 Å². The maximum Gasteiger partial charge on any atom is 0.0359 e. The minimum atomic E-state index is 0.637. The molecule has 0 aromatic carbocycles. The minimum absolute atomic E-state index is 0.637. The second-order valence-corrected chi connectivity index (χ2v) is 4.05. The largest absolute Gasteiger partial charge is 0.364 e. The monoisotopic (exact) mass is 198 g/mol. The van der Waals surface area contributed by atoms with E-state index in [1.54, 1.807) is 0 Å². The van der Waals surface area contributed by atoms with Gasteiger partial charge in [-0.25, -0.2) is 0 Å². The van der Waals surface area contributed by atoms with Gasteiger partial charge < -0.3 is 10.3 Å². The first kappa shape index (κ1) is 10.7. The van der Waals surface area contributed by atoms with Crippen LogP contribution in [-0.2, 0) is 6.54 Å². The molecule has 0 bridgehead atoms. The normalized spacial score (nSPS) is 13.1. The predicted octanol–water partition coefficient (Wildman–Crippen LogP) is 2.25. The molecule has 0 fully saturated rings. The molecule has 1 unspecified atom stereocenters.